The van der Waals surface area contributed by atoms with Crippen LogP contribution in [0.4, 0.5) is 10.1 Å². The van der Waals surface area contributed by atoms with Gasteiger partial charge in [-0.3, -0.25) is 4.90 Å². The second-order valence-corrected chi connectivity index (χ2v) is 5.55. The number of piperazine rings is 1. The third-order valence-electron chi connectivity index (χ3n) is 3.99. The molecule has 22 heavy (non-hydrogen) atoms. The van der Waals surface area contributed by atoms with Gasteiger partial charge in [0.15, 0.2) is 0 Å². The number of nitrogens with zero attached hydrogens (tertiary/aromatic N) is 3. The van der Waals surface area contributed by atoms with Crippen molar-refractivity contribution in [1.82, 2.24) is 4.90 Å². The first kappa shape index (κ1) is 16.5. The molecule has 1 saturated heterocycles. The second-order valence-electron chi connectivity index (χ2n) is 5.55. The topological polar surface area (TPSA) is 50.5 Å². The lowest BCUT2D eigenvalue weighted by atomic mass is 10.1. The summed E-state index contributed by atoms with van der Waals surface area (Å²) < 4.78 is 13.7. The number of hydrogen-bond donors (Lipinski definition) is 1. The highest BCUT2D eigenvalue weighted by Crippen LogP contribution is 2.23. The van der Waals surface area contributed by atoms with E-state index in [-0.39, 0.29) is 11.7 Å². The first-order chi connectivity index (χ1) is 10.7. The minimum Gasteiger partial charge on any atom is -0.392 e. The molecule has 1 N–H and O–H groups in total. The van der Waals surface area contributed by atoms with E-state index in [1.807, 2.05) is 17.0 Å². The summed E-state index contributed by atoms with van der Waals surface area (Å²) in [6.45, 7) is 7.36. The quantitative estimate of drug-likeness (QED) is 0.818. The molecule has 0 aliphatic carbocycles. The maximum Gasteiger partial charge on any atom is 0.143 e. The van der Waals surface area contributed by atoms with Gasteiger partial charge in [0.1, 0.15) is 17.4 Å². The van der Waals surface area contributed by atoms with Crippen LogP contribution in [0.5, 0.6) is 0 Å². The number of aliphatic hydroxyl groups excluding tert-OH is 1. The van der Waals surface area contributed by atoms with Crippen LogP contribution in [0.15, 0.2) is 30.9 Å². The highest BCUT2D eigenvalue weighted by molar-refractivity contribution is 5.60. The molecule has 5 heteroatoms. The third-order valence-corrected chi connectivity index (χ3v) is 3.99. The van der Waals surface area contributed by atoms with Gasteiger partial charge < -0.3 is 10.0 Å². The maximum atomic E-state index is 13.7. The largest absolute Gasteiger partial charge is 0.392 e. The van der Waals surface area contributed by atoms with Crippen LogP contribution in [-0.4, -0.2) is 48.8 Å². The van der Waals surface area contributed by atoms with Gasteiger partial charge in [-0.15, -0.1) is 6.58 Å². The Balaban J connectivity index is 1.91. The molecule has 0 bridgehead atoms. The number of halogens is 1. The van der Waals surface area contributed by atoms with Crippen LogP contribution in [0.2, 0.25) is 0 Å². The lowest BCUT2D eigenvalue weighted by Gasteiger charge is -2.37. The summed E-state index contributed by atoms with van der Waals surface area (Å²) in [5.41, 5.74) is 0.774. The Bertz CT molecular complexity index is 547. The van der Waals surface area contributed by atoms with Crippen molar-refractivity contribution in [1.29, 1.82) is 5.26 Å². The summed E-state index contributed by atoms with van der Waals surface area (Å²) in [4.78, 5) is 4.24. The van der Waals surface area contributed by atoms with E-state index in [1.54, 1.807) is 12.1 Å². The van der Waals surface area contributed by atoms with E-state index >= 15 is 0 Å². The number of β-amino-alcohol motifs (C(OH)–C–C–N with tert-alkyl or cyclic N) is 1. The number of anilines is 1. The first-order valence-corrected chi connectivity index (χ1v) is 7.60. The van der Waals surface area contributed by atoms with Crippen LogP contribution in [-0.2, 0) is 0 Å². The molecule has 1 heterocycles. The van der Waals surface area contributed by atoms with Gasteiger partial charge in [0.05, 0.1) is 11.8 Å². The molecule has 1 aliphatic rings. The molecule has 1 aromatic rings. The second kappa shape index (κ2) is 7.92. The molecule has 1 aromatic carbocycles. The van der Waals surface area contributed by atoms with E-state index < -0.39 is 5.82 Å². The van der Waals surface area contributed by atoms with Gasteiger partial charge in [-0.2, -0.15) is 5.26 Å². The number of rotatable bonds is 6. The first-order valence-electron chi connectivity index (χ1n) is 7.60. The van der Waals surface area contributed by atoms with Crippen molar-refractivity contribution >= 4 is 5.69 Å². The molecule has 0 amide bonds. The average molecular weight is 303 g/mol. The number of hydrogen-bond acceptors (Lipinski definition) is 4. The Labute approximate surface area is 131 Å². The third kappa shape index (κ3) is 4.06. The van der Waals surface area contributed by atoms with Crippen molar-refractivity contribution in [3.05, 3.63) is 42.2 Å². The summed E-state index contributed by atoms with van der Waals surface area (Å²) >= 11 is 0. The van der Waals surface area contributed by atoms with Gasteiger partial charge >= 0.3 is 0 Å². The summed E-state index contributed by atoms with van der Waals surface area (Å²) in [7, 11) is 0. The van der Waals surface area contributed by atoms with Crippen molar-refractivity contribution in [3.63, 3.8) is 0 Å². The fraction of sp³-hybridized carbons (Fsp3) is 0.471. The Hall–Kier alpha value is -1.90. The SMILES string of the molecule is C=CCCC(O)CN1CCN(c2cccc(F)c2C#N)CC1. The van der Waals surface area contributed by atoms with Crippen LogP contribution in [0, 0.1) is 17.1 Å². The highest BCUT2D eigenvalue weighted by Gasteiger charge is 2.21. The average Bonchev–Trinajstić information content (AvgIpc) is 2.53. The zero-order valence-corrected chi connectivity index (χ0v) is 12.7. The molecule has 1 aliphatic heterocycles. The maximum absolute atomic E-state index is 13.7. The molecule has 4 nitrogen and oxygen atoms in total. The Kier molecular flexibility index (Phi) is 5.93. The highest BCUT2D eigenvalue weighted by atomic mass is 19.1. The zero-order chi connectivity index (χ0) is 15.9. The van der Waals surface area contributed by atoms with Gasteiger partial charge in [-0.05, 0) is 25.0 Å². The van der Waals surface area contributed by atoms with Crippen molar-refractivity contribution in [2.24, 2.45) is 0 Å². The minimum absolute atomic E-state index is 0.113. The molecule has 1 fully saturated rings. The smallest absolute Gasteiger partial charge is 0.143 e. The molecule has 1 unspecified atom stereocenters. The molecular weight excluding hydrogens is 281 g/mol. The van der Waals surface area contributed by atoms with Crippen molar-refractivity contribution < 1.29 is 9.50 Å². The lowest BCUT2D eigenvalue weighted by molar-refractivity contribution is 0.103. The van der Waals surface area contributed by atoms with Crippen LogP contribution in [0.3, 0.4) is 0 Å². The zero-order valence-electron chi connectivity index (χ0n) is 12.7. The fourth-order valence-corrected chi connectivity index (χ4v) is 2.76. The summed E-state index contributed by atoms with van der Waals surface area (Å²) in [5, 5.41) is 19.1. The van der Waals surface area contributed by atoms with Gasteiger partial charge in [-0.1, -0.05) is 12.1 Å². The molecule has 0 spiro atoms. The van der Waals surface area contributed by atoms with Crippen LogP contribution in [0.25, 0.3) is 0 Å². The van der Waals surface area contributed by atoms with Crippen LogP contribution < -0.4 is 4.90 Å². The van der Waals surface area contributed by atoms with Crippen molar-refractivity contribution in [2.75, 3.05) is 37.6 Å². The van der Waals surface area contributed by atoms with Gasteiger partial charge in [-0.25, -0.2) is 4.39 Å². The van der Waals surface area contributed by atoms with E-state index in [1.165, 1.54) is 6.07 Å². The van der Waals surface area contributed by atoms with E-state index in [9.17, 15) is 9.50 Å². The monoisotopic (exact) mass is 303 g/mol. The van der Waals surface area contributed by atoms with Crippen LogP contribution in [0.1, 0.15) is 18.4 Å². The summed E-state index contributed by atoms with van der Waals surface area (Å²) in [6, 6.07) is 6.69. The van der Waals surface area contributed by atoms with Crippen molar-refractivity contribution in [2.45, 2.75) is 18.9 Å². The number of nitriles is 1. The van der Waals surface area contributed by atoms with Crippen LogP contribution >= 0.6 is 0 Å². The lowest BCUT2D eigenvalue weighted by Crippen LogP contribution is -2.48. The number of aliphatic hydroxyl groups is 1. The summed E-state index contributed by atoms with van der Waals surface area (Å²) in [5.74, 6) is -0.470. The Morgan fingerprint density at radius 2 is 2.09 bits per heavy atom. The molecule has 0 saturated carbocycles. The molecule has 2 rings (SSSR count). The van der Waals surface area contributed by atoms with Gasteiger partial charge in [0.2, 0.25) is 0 Å². The standard InChI is InChI=1S/C17H22FN3O/c1-2-3-5-14(22)13-20-8-10-21(11-9-20)17-7-4-6-16(18)15(17)12-19/h2,4,6-7,14,22H,1,3,5,8-11,13H2. The van der Waals surface area contributed by atoms with E-state index in [2.05, 4.69) is 11.5 Å². The Morgan fingerprint density at radius 1 is 1.36 bits per heavy atom. The summed E-state index contributed by atoms with van der Waals surface area (Å²) in [6.07, 6.45) is 3.02. The van der Waals surface area contributed by atoms with E-state index in [0.29, 0.717) is 12.2 Å². The molecule has 0 aromatic heterocycles. The normalized spacial score (nSPS) is 17.0. The number of allylic oxidation sites excluding steroid dienone is 1. The minimum atomic E-state index is -0.470. The molecule has 0 radical (unpaired) electrons. The fourth-order valence-electron chi connectivity index (χ4n) is 2.76. The van der Waals surface area contributed by atoms with E-state index in [0.717, 1.165) is 39.0 Å². The van der Waals surface area contributed by atoms with E-state index in [4.69, 9.17) is 5.26 Å². The molecule has 1 atom stereocenters. The molecular formula is C17H22FN3O. The predicted molar refractivity (Wildman–Crippen MR) is 85.2 cm³/mol. The number of benzene rings is 1. The van der Waals surface area contributed by atoms with Crippen molar-refractivity contribution in [3.8, 4) is 6.07 Å². The van der Waals surface area contributed by atoms with Gasteiger partial charge in [0, 0.05) is 32.7 Å². The molecule has 118 valence electrons. The van der Waals surface area contributed by atoms with Gasteiger partial charge in [0.25, 0.3) is 0 Å². The Morgan fingerprint density at radius 3 is 2.73 bits per heavy atom. The predicted octanol–water partition coefficient (Wildman–Crippen LogP) is 2.15.